The summed E-state index contributed by atoms with van der Waals surface area (Å²) in [5.74, 6) is -1.87. The predicted octanol–water partition coefficient (Wildman–Crippen LogP) is 2.69. The zero-order valence-corrected chi connectivity index (χ0v) is 19.6. The molecule has 2 aromatic heterocycles. The number of benzene rings is 1. The number of amides is 2. The summed E-state index contributed by atoms with van der Waals surface area (Å²) in [5.41, 5.74) is 0.0533. The Labute approximate surface area is 203 Å². The molecule has 1 aromatic carbocycles. The third kappa shape index (κ3) is 5.04. The van der Waals surface area contributed by atoms with Crippen molar-refractivity contribution in [3.05, 3.63) is 79.9 Å². The van der Waals surface area contributed by atoms with Crippen LogP contribution in [0.2, 0.25) is 4.34 Å². The maximum atomic E-state index is 13.0. The van der Waals surface area contributed by atoms with Crippen LogP contribution in [-0.2, 0) is 4.79 Å². The van der Waals surface area contributed by atoms with Gasteiger partial charge in [0.15, 0.2) is 0 Å². The number of carboxylic acid groups (broad SMARTS) is 1. The van der Waals surface area contributed by atoms with Gasteiger partial charge in [-0.3, -0.25) is 23.9 Å². The highest BCUT2D eigenvalue weighted by Gasteiger charge is 2.36. The molecule has 3 heterocycles. The number of hydrogen-bond donors (Lipinski definition) is 3. The maximum absolute atomic E-state index is 13.0. The lowest BCUT2D eigenvalue weighted by Gasteiger charge is -2.19. The van der Waals surface area contributed by atoms with E-state index in [-0.39, 0.29) is 34.7 Å². The van der Waals surface area contributed by atoms with E-state index in [0.717, 1.165) is 0 Å². The van der Waals surface area contributed by atoms with E-state index in [0.29, 0.717) is 27.9 Å². The van der Waals surface area contributed by atoms with E-state index in [1.54, 1.807) is 42.3 Å². The summed E-state index contributed by atoms with van der Waals surface area (Å²) in [4.78, 5) is 51.6. The number of likely N-dealkylation sites (N-methyl/N-ethyl adjacent to an activating group) is 1. The molecule has 2 atom stereocenters. The number of halogens is 1. The average molecular weight is 501 g/mol. The van der Waals surface area contributed by atoms with Gasteiger partial charge < -0.3 is 15.7 Å². The lowest BCUT2D eigenvalue weighted by atomic mass is 10.1. The normalized spacial score (nSPS) is 17.9. The second-order valence-corrected chi connectivity index (χ2v) is 9.61. The lowest BCUT2D eigenvalue weighted by molar-refractivity contribution is -0.119. The minimum absolute atomic E-state index is 0.124. The van der Waals surface area contributed by atoms with E-state index in [1.165, 1.54) is 40.3 Å². The van der Waals surface area contributed by atoms with Gasteiger partial charge >= 0.3 is 5.97 Å². The summed E-state index contributed by atoms with van der Waals surface area (Å²) in [6.07, 6.45) is 1.90. The third-order valence-electron chi connectivity index (χ3n) is 5.58. The molecule has 3 N–H and O–H groups in total. The third-order valence-corrected chi connectivity index (χ3v) is 6.81. The van der Waals surface area contributed by atoms with Crippen molar-refractivity contribution in [2.75, 3.05) is 18.9 Å². The fourth-order valence-corrected chi connectivity index (χ4v) is 4.87. The first kappa shape index (κ1) is 23.7. The average Bonchev–Trinajstić information content (AvgIpc) is 3.39. The van der Waals surface area contributed by atoms with Crippen LogP contribution in [0.5, 0.6) is 0 Å². The van der Waals surface area contributed by atoms with Crippen LogP contribution in [0, 0.1) is 0 Å². The van der Waals surface area contributed by atoms with Crippen molar-refractivity contribution in [3.8, 4) is 5.69 Å². The summed E-state index contributed by atoms with van der Waals surface area (Å²) >= 11 is 7.07. The van der Waals surface area contributed by atoms with Crippen molar-refractivity contribution in [3.63, 3.8) is 0 Å². The van der Waals surface area contributed by atoms with Crippen LogP contribution in [0.25, 0.3) is 5.69 Å². The van der Waals surface area contributed by atoms with Crippen molar-refractivity contribution >= 4 is 46.4 Å². The number of carboxylic acids is 1. The second-order valence-electron chi connectivity index (χ2n) is 7.90. The molecular formula is C23H21ClN4O5S. The molecule has 1 aliphatic rings. The van der Waals surface area contributed by atoms with Gasteiger partial charge in [-0.15, -0.1) is 11.3 Å². The number of nitrogens with zero attached hydrogens (tertiary/aromatic N) is 2. The zero-order chi connectivity index (χ0) is 24.4. The molecule has 0 bridgehead atoms. The van der Waals surface area contributed by atoms with Crippen molar-refractivity contribution in [1.29, 1.82) is 0 Å². The van der Waals surface area contributed by atoms with Crippen LogP contribution in [0.3, 0.4) is 0 Å². The van der Waals surface area contributed by atoms with Crippen LogP contribution in [0.15, 0.2) is 59.5 Å². The Kier molecular flexibility index (Phi) is 6.82. The molecule has 0 saturated carbocycles. The number of likely N-dealkylation sites (tertiary alicyclic amines) is 1. The molecule has 2 amide bonds. The van der Waals surface area contributed by atoms with Crippen LogP contribution in [0.1, 0.15) is 26.5 Å². The van der Waals surface area contributed by atoms with E-state index in [1.807, 2.05) is 0 Å². The molecule has 0 spiro atoms. The Hall–Kier alpha value is -3.47. The Balaban J connectivity index is 1.47. The quantitative estimate of drug-likeness (QED) is 0.478. The van der Waals surface area contributed by atoms with Crippen molar-refractivity contribution in [1.82, 2.24) is 14.8 Å². The monoisotopic (exact) mass is 500 g/mol. The van der Waals surface area contributed by atoms with Gasteiger partial charge in [-0.2, -0.15) is 0 Å². The summed E-state index contributed by atoms with van der Waals surface area (Å²) in [7, 11) is 1.77. The second kappa shape index (κ2) is 9.80. The Morgan fingerprint density at radius 1 is 1.15 bits per heavy atom. The van der Waals surface area contributed by atoms with Gasteiger partial charge in [0.25, 0.3) is 11.5 Å². The number of anilines is 1. The van der Waals surface area contributed by atoms with Gasteiger partial charge in [0.2, 0.25) is 5.91 Å². The van der Waals surface area contributed by atoms with Gasteiger partial charge in [0, 0.05) is 30.5 Å². The van der Waals surface area contributed by atoms with Crippen molar-refractivity contribution in [2.24, 2.45) is 0 Å². The maximum Gasteiger partial charge on any atom is 0.337 e. The Morgan fingerprint density at radius 2 is 1.94 bits per heavy atom. The molecule has 1 aliphatic heterocycles. The number of pyridine rings is 1. The molecule has 11 heteroatoms. The summed E-state index contributed by atoms with van der Waals surface area (Å²) < 4.78 is 1.83. The molecule has 9 nitrogen and oxygen atoms in total. The smallest absolute Gasteiger partial charge is 0.337 e. The number of carbonyl (C=O) groups excluding carboxylic acids is 2. The minimum atomic E-state index is -1.24. The van der Waals surface area contributed by atoms with E-state index in [9.17, 15) is 24.3 Å². The van der Waals surface area contributed by atoms with Crippen LogP contribution in [0.4, 0.5) is 5.69 Å². The van der Waals surface area contributed by atoms with Gasteiger partial charge in [0.1, 0.15) is 0 Å². The predicted molar refractivity (Wildman–Crippen MR) is 129 cm³/mol. The largest absolute Gasteiger partial charge is 0.478 e. The van der Waals surface area contributed by atoms with Crippen LogP contribution in [-0.4, -0.2) is 58.0 Å². The highest BCUT2D eigenvalue weighted by Crippen LogP contribution is 2.24. The fourth-order valence-electron chi connectivity index (χ4n) is 3.93. The van der Waals surface area contributed by atoms with Gasteiger partial charge in [-0.05, 0) is 49.9 Å². The molecule has 0 radical (unpaired) electrons. The SMILES string of the molecule is CN1CC(NC(=O)c2ccc(Cl)s2)CC1C(=O)Nc1ccc(-n2ccccc2=O)cc1C(=O)O. The zero-order valence-electron chi connectivity index (χ0n) is 18.0. The summed E-state index contributed by atoms with van der Waals surface area (Å²) in [6.45, 7) is 0.463. The minimum Gasteiger partial charge on any atom is -0.478 e. The highest BCUT2D eigenvalue weighted by atomic mass is 35.5. The van der Waals surface area contributed by atoms with Crippen molar-refractivity contribution in [2.45, 2.75) is 18.5 Å². The number of hydrogen-bond acceptors (Lipinski definition) is 6. The fraction of sp³-hybridized carbons (Fsp3) is 0.217. The molecule has 34 heavy (non-hydrogen) atoms. The number of rotatable bonds is 6. The summed E-state index contributed by atoms with van der Waals surface area (Å²) in [5, 5.41) is 15.3. The van der Waals surface area contributed by atoms with Crippen LogP contribution >= 0.6 is 22.9 Å². The van der Waals surface area contributed by atoms with Gasteiger partial charge in [-0.25, -0.2) is 4.79 Å². The Bertz CT molecular complexity index is 1320. The summed E-state index contributed by atoms with van der Waals surface area (Å²) in [6, 6.07) is 11.5. The first-order valence-electron chi connectivity index (χ1n) is 10.4. The number of thiophene rings is 1. The van der Waals surface area contributed by atoms with Crippen molar-refractivity contribution < 1.29 is 19.5 Å². The topological polar surface area (TPSA) is 121 Å². The molecule has 3 aromatic rings. The molecule has 176 valence electrons. The van der Waals surface area contributed by atoms with E-state index in [4.69, 9.17) is 11.6 Å². The van der Waals surface area contributed by atoms with E-state index in [2.05, 4.69) is 10.6 Å². The molecule has 4 rings (SSSR count). The van der Waals surface area contributed by atoms with Gasteiger partial charge in [0.05, 0.1) is 26.5 Å². The number of aromatic nitrogens is 1. The number of carbonyl (C=O) groups is 3. The lowest BCUT2D eigenvalue weighted by Crippen LogP contribution is -2.37. The molecule has 0 aliphatic carbocycles. The highest BCUT2D eigenvalue weighted by molar-refractivity contribution is 7.18. The molecule has 2 unspecified atom stereocenters. The first-order valence-corrected chi connectivity index (χ1v) is 11.5. The number of nitrogens with one attached hydrogen (secondary N) is 2. The van der Waals surface area contributed by atoms with E-state index < -0.39 is 12.0 Å². The molecular weight excluding hydrogens is 480 g/mol. The number of aromatic carboxylic acids is 1. The standard InChI is InChI=1S/C23H21ClN4O5S/c1-27-12-13(25-22(31)18-7-8-19(24)34-18)10-17(27)21(30)26-16-6-5-14(11-15(16)23(32)33)28-9-3-2-4-20(28)29/h2-9,11,13,17H,10,12H2,1H3,(H,25,31)(H,26,30)(H,32,33). The van der Waals surface area contributed by atoms with Gasteiger partial charge in [-0.1, -0.05) is 17.7 Å². The molecule has 1 saturated heterocycles. The van der Waals surface area contributed by atoms with Crippen LogP contribution < -0.4 is 16.2 Å². The first-order chi connectivity index (χ1) is 16.2. The molecule has 1 fully saturated rings. The Morgan fingerprint density at radius 3 is 2.62 bits per heavy atom. The van der Waals surface area contributed by atoms with E-state index >= 15 is 0 Å².